The first-order valence-electron chi connectivity index (χ1n) is 6.09. The van der Waals surface area contributed by atoms with E-state index in [-0.39, 0.29) is 0 Å². The van der Waals surface area contributed by atoms with Gasteiger partial charge in [0.1, 0.15) is 12.1 Å². The molecule has 2 N–H and O–H groups in total. The molecule has 4 nitrogen and oxygen atoms in total. The number of nitriles is 1. The van der Waals surface area contributed by atoms with Gasteiger partial charge in [0.05, 0.1) is 11.3 Å². The number of aliphatic carboxylic acids is 1. The number of hydrogen-bond acceptors (Lipinski definition) is 3. The Hall–Kier alpha value is -2.02. The van der Waals surface area contributed by atoms with Gasteiger partial charge in [-0.25, -0.2) is 4.79 Å². The molecule has 0 radical (unpaired) electrons. The van der Waals surface area contributed by atoms with Crippen molar-refractivity contribution in [3.63, 3.8) is 0 Å². The average Bonchev–Trinajstić information content (AvgIpc) is 2.35. The topological polar surface area (TPSA) is 73.1 Å². The molecule has 4 heteroatoms. The van der Waals surface area contributed by atoms with Crippen molar-refractivity contribution in [3.05, 3.63) is 29.3 Å². The number of hydrogen-bond donors (Lipinski definition) is 2. The smallest absolute Gasteiger partial charge is 0.326 e. The number of anilines is 1. The summed E-state index contributed by atoms with van der Waals surface area (Å²) in [5.41, 5.74) is 2.00. The summed E-state index contributed by atoms with van der Waals surface area (Å²) in [5.74, 6) is -0.879. The summed E-state index contributed by atoms with van der Waals surface area (Å²) in [5, 5.41) is 21.2. The molecular formula is C14H18N2O2. The number of rotatable bonds is 6. The maximum atomic E-state index is 11.2. The van der Waals surface area contributed by atoms with Crippen molar-refractivity contribution in [1.29, 1.82) is 5.26 Å². The number of para-hydroxylation sites is 1. The van der Waals surface area contributed by atoms with Crippen LogP contribution in [0.3, 0.4) is 0 Å². The second kappa shape index (κ2) is 6.65. The predicted octanol–water partition coefficient (Wildman–Crippen LogP) is 2.92. The third-order valence-electron chi connectivity index (χ3n) is 2.86. The van der Waals surface area contributed by atoms with Crippen LogP contribution < -0.4 is 5.32 Å². The minimum Gasteiger partial charge on any atom is -0.480 e. The number of nitrogens with one attached hydrogen (secondary N) is 1. The van der Waals surface area contributed by atoms with Crippen LogP contribution in [-0.4, -0.2) is 17.1 Å². The predicted molar refractivity (Wildman–Crippen MR) is 70.5 cm³/mol. The first-order chi connectivity index (χ1) is 8.60. The Bertz CT molecular complexity index is 463. The molecule has 0 aliphatic carbocycles. The molecule has 0 aliphatic heterocycles. The molecule has 0 fully saturated rings. The Morgan fingerprint density at radius 2 is 2.28 bits per heavy atom. The van der Waals surface area contributed by atoms with E-state index in [4.69, 9.17) is 5.26 Å². The molecule has 0 heterocycles. The van der Waals surface area contributed by atoms with Gasteiger partial charge in [-0.15, -0.1) is 0 Å². The van der Waals surface area contributed by atoms with Gasteiger partial charge in [-0.3, -0.25) is 0 Å². The molecule has 0 saturated carbocycles. The fourth-order valence-corrected chi connectivity index (χ4v) is 1.79. The normalized spacial score (nSPS) is 11.6. The van der Waals surface area contributed by atoms with E-state index >= 15 is 0 Å². The maximum Gasteiger partial charge on any atom is 0.326 e. The van der Waals surface area contributed by atoms with E-state index < -0.39 is 12.0 Å². The lowest BCUT2D eigenvalue weighted by atomic mass is 10.1. The van der Waals surface area contributed by atoms with Gasteiger partial charge in [-0.2, -0.15) is 5.26 Å². The highest BCUT2D eigenvalue weighted by Gasteiger charge is 2.18. The summed E-state index contributed by atoms with van der Waals surface area (Å²) in [7, 11) is 0. The summed E-state index contributed by atoms with van der Waals surface area (Å²) >= 11 is 0. The second-order valence-corrected chi connectivity index (χ2v) is 4.29. The fraction of sp³-hybridized carbons (Fsp3) is 0.429. The number of carboxylic acid groups (broad SMARTS) is 1. The molecule has 1 aromatic carbocycles. The van der Waals surface area contributed by atoms with E-state index in [2.05, 4.69) is 11.4 Å². The fourth-order valence-electron chi connectivity index (χ4n) is 1.79. The van der Waals surface area contributed by atoms with E-state index in [0.29, 0.717) is 17.7 Å². The van der Waals surface area contributed by atoms with Gasteiger partial charge in [0.25, 0.3) is 0 Å². The van der Waals surface area contributed by atoms with Crippen molar-refractivity contribution in [2.24, 2.45) is 0 Å². The lowest BCUT2D eigenvalue weighted by Gasteiger charge is -2.18. The number of carbonyl (C=O) groups is 1. The van der Waals surface area contributed by atoms with E-state index in [0.717, 1.165) is 18.4 Å². The van der Waals surface area contributed by atoms with Crippen molar-refractivity contribution >= 4 is 11.7 Å². The first kappa shape index (κ1) is 14.0. The maximum absolute atomic E-state index is 11.2. The minimum absolute atomic E-state index is 0.484. The molecule has 18 heavy (non-hydrogen) atoms. The molecule has 1 aromatic rings. The third kappa shape index (κ3) is 3.49. The number of carboxylic acids is 1. The summed E-state index contributed by atoms with van der Waals surface area (Å²) < 4.78 is 0. The van der Waals surface area contributed by atoms with E-state index in [1.807, 2.05) is 19.9 Å². The average molecular weight is 246 g/mol. The summed E-state index contributed by atoms with van der Waals surface area (Å²) in [6.45, 7) is 3.88. The zero-order valence-electron chi connectivity index (χ0n) is 10.7. The summed E-state index contributed by atoms with van der Waals surface area (Å²) in [6.07, 6.45) is 2.35. The monoisotopic (exact) mass is 246 g/mol. The van der Waals surface area contributed by atoms with Crippen LogP contribution in [0.4, 0.5) is 5.69 Å². The van der Waals surface area contributed by atoms with Gasteiger partial charge in [-0.1, -0.05) is 31.9 Å². The van der Waals surface area contributed by atoms with Crippen LogP contribution in [0.5, 0.6) is 0 Å². The minimum atomic E-state index is -0.879. The molecule has 0 amide bonds. The molecule has 0 aliphatic rings. The van der Waals surface area contributed by atoms with Gasteiger partial charge < -0.3 is 10.4 Å². The summed E-state index contributed by atoms with van der Waals surface area (Å²) in [4.78, 5) is 11.2. The summed E-state index contributed by atoms with van der Waals surface area (Å²) in [6, 6.07) is 6.78. The molecule has 1 atom stereocenters. The van der Waals surface area contributed by atoms with E-state index in [9.17, 15) is 9.90 Å². The molecule has 1 rings (SSSR count). The van der Waals surface area contributed by atoms with Crippen LogP contribution in [0, 0.1) is 18.3 Å². The lowest BCUT2D eigenvalue weighted by molar-refractivity contribution is -0.138. The number of benzene rings is 1. The third-order valence-corrected chi connectivity index (χ3v) is 2.86. The van der Waals surface area contributed by atoms with Crippen LogP contribution in [-0.2, 0) is 4.79 Å². The van der Waals surface area contributed by atoms with Crippen molar-refractivity contribution in [3.8, 4) is 6.07 Å². The van der Waals surface area contributed by atoms with Crippen molar-refractivity contribution in [2.75, 3.05) is 5.32 Å². The van der Waals surface area contributed by atoms with Gasteiger partial charge >= 0.3 is 5.97 Å². The van der Waals surface area contributed by atoms with E-state index in [1.165, 1.54) is 0 Å². The standard InChI is InChI=1S/C14H18N2O2/c1-3-4-8-12(14(17)18)16-13-10(2)6-5-7-11(13)9-15/h5-7,12,16H,3-4,8H2,1-2H3,(H,17,18). The molecular weight excluding hydrogens is 228 g/mol. The van der Waals surface area contributed by atoms with Gasteiger partial charge in [0.2, 0.25) is 0 Å². The van der Waals surface area contributed by atoms with Gasteiger partial charge in [-0.05, 0) is 25.0 Å². The SMILES string of the molecule is CCCCC(Nc1c(C)cccc1C#N)C(=O)O. The number of nitrogens with zero attached hydrogens (tertiary/aromatic N) is 1. The highest BCUT2D eigenvalue weighted by Crippen LogP contribution is 2.21. The Morgan fingerprint density at radius 3 is 2.83 bits per heavy atom. The van der Waals surface area contributed by atoms with Gasteiger partial charge in [0, 0.05) is 0 Å². The molecule has 0 saturated heterocycles. The Morgan fingerprint density at radius 1 is 1.56 bits per heavy atom. The largest absolute Gasteiger partial charge is 0.480 e. The van der Waals surface area contributed by atoms with Crippen LogP contribution in [0.1, 0.15) is 37.3 Å². The zero-order valence-corrected chi connectivity index (χ0v) is 10.7. The highest BCUT2D eigenvalue weighted by atomic mass is 16.4. The highest BCUT2D eigenvalue weighted by molar-refractivity contribution is 5.79. The Labute approximate surface area is 107 Å². The van der Waals surface area contributed by atoms with Crippen LogP contribution in [0.2, 0.25) is 0 Å². The molecule has 96 valence electrons. The Balaban J connectivity index is 2.93. The van der Waals surface area contributed by atoms with E-state index in [1.54, 1.807) is 12.1 Å². The van der Waals surface area contributed by atoms with Gasteiger partial charge in [0.15, 0.2) is 0 Å². The van der Waals surface area contributed by atoms with Crippen molar-refractivity contribution in [2.45, 2.75) is 39.2 Å². The first-order valence-corrected chi connectivity index (χ1v) is 6.09. The van der Waals surface area contributed by atoms with Crippen molar-refractivity contribution in [1.82, 2.24) is 0 Å². The number of unbranched alkanes of at least 4 members (excludes halogenated alkanes) is 1. The van der Waals surface area contributed by atoms with Crippen molar-refractivity contribution < 1.29 is 9.90 Å². The molecule has 0 bridgehead atoms. The lowest BCUT2D eigenvalue weighted by Crippen LogP contribution is -2.29. The van der Waals surface area contributed by atoms with Crippen LogP contribution >= 0.6 is 0 Å². The second-order valence-electron chi connectivity index (χ2n) is 4.29. The zero-order chi connectivity index (χ0) is 13.5. The van der Waals surface area contributed by atoms with Crippen LogP contribution in [0.25, 0.3) is 0 Å². The molecule has 0 aromatic heterocycles. The molecule has 0 spiro atoms. The van der Waals surface area contributed by atoms with Crippen LogP contribution in [0.15, 0.2) is 18.2 Å². The Kier molecular flexibility index (Phi) is 5.19. The quantitative estimate of drug-likeness (QED) is 0.809. The number of aryl methyl sites for hydroxylation is 1. The molecule has 1 unspecified atom stereocenters.